The van der Waals surface area contributed by atoms with Crippen LogP contribution in [0.1, 0.15) is 39.0 Å². The maximum absolute atomic E-state index is 10.9. The molecule has 0 heterocycles. The van der Waals surface area contributed by atoms with E-state index < -0.39 is 4.92 Å². The molecule has 1 aromatic carbocycles. The fraction of sp³-hybridized carbons (Fsp3) is 0.500. The molecule has 0 amide bonds. The van der Waals surface area contributed by atoms with Gasteiger partial charge in [0.1, 0.15) is 5.75 Å². The topological polar surface area (TPSA) is 64.4 Å². The molecule has 0 radical (unpaired) electrons. The molecular weight excluding hydrogens is 268 g/mol. The summed E-state index contributed by atoms with van der Waals surface area (Å²) in [5.74, 6) is 0.533. The van der Waals surface area contributed by atoms with Gasteiger partial charge in [-0.05, 0) is 39.0 Å². The SMILES string of the molecule is CCOc1cc(NCCC2=CCCCC2)cc([N+](=O)[O-])c1. The van der Waals surface area contributed by atoms with Gasteiger partial charge in [-0.1, -0.05) is 11.6 Å². The smallest absolute Gasteiger partial charge is 0.275 e. The Morgan fingerprint density at radius 2 is 2.19 bits per heavy atom. The van der Waals surface area contributed by atoms with Crippen molar-refractivity contribution in [2.75, 3.05) is 18.5 Å². The summed E-state index contributed by atoms with van der Waals surface area (Å²) in [5, 5.41) is 14.2. The molecule has 0 unspecified atom stereocenters. The Kier molecular flexibility index (Phi) is 5.60. The van der Waals surface area contributed by atoms with Crippen molar-refractivity contribution in [3.63, 3.8) is 0 Å². The van der Waals surface area contributed by atoms with Gasteiger partial charge in [0.25, 0.3) is 5.69 Å². The monoisotopic (exact) mass is 290 g/mol. The molecule has 0 spiro atoms. The molecule has 1 aliphatic rings. The molecule has 1 aromatic rings. The Balaban J connectivity index is 1.97. The van der Waals surface area contributed by atoms with Gasteiger partial charge in [0, 0.05) is 24.4 Å². The average Bonchev–Trinajstić information content (AvgIpc) is 2.48. The summed E-state index contributed by atoms with van der Waals surface area (Å²) in [6.07, 6.45) is 8.25. The highest BCUT2D eigenvalue weighted by molar-refractivity contribution is 5.56. The van der Waals surface area contributed by atoms with E-state index in [9.17, 15) is 10.1 Å². The summed E-state index contributed by atoms with van der Waals surface area (Å²) in [6.45, 7) is 3.15. The number of hydrogen-bond donors (Lipinski definition) is 1. The number of anilines is 1. The zero-order valence-corrected chi connectivity index (χ0v) is 12.4. The number of allylic oxidation sites excluding steroid dienone is 1. The highest BCUT2D eigenvalue weighted by Crippen LogP contribution is 2.26. The van der Waals surface area contributed by atoms with Crippen LogP contribution in [0.15, 0.2) is 29.8 Å². The van der Waals surface area contributed by atoms with Crippen LogP contribution in [-0.4, -0.2) is 18.1 Å². The van der Waals surface area contributed by atoms with Crippen LogP contribution in [0.4, 0.5) is 11.4 Å². The van der Waals surface area contributed by atoms with Crippen molar-refractivity contribution < 1.29 is 9.66 Å². The van der Waals surface area contributed by atoms with E-state index in [-0.39, 0.29) is 5.69 Å². The van der Waals surface area contributed by atoms with Gasteiger partial charge in [-0.15, -0.1) is 0 Å². The summed E-state index contributed by atoms with van der Waals surface area (Å²) in [5.41, 5.74) is 2.29. The second-order valence-corrected chi connectivity index (χ2v) is 5.19. The maximum Gasteiger partial charge on any atom is 0.275 e. The lowest BCUT2D eigenvalue weighted by atomic mass is 9.97. The van der Waals surface area contributed by atoms with Gasteiger partial charge in [-0.3, -0.25) is 10.1 Å². The first-order valence-electron chi connectivity index (χ1n) is 7.53. The predicted molar refractivity (Wildman–Crippen MR) is 83.9 cm³/mol. The fourth-order valence-electron chi connectivity index (χ4n) is 2.54. The van der Waals surface area contributed by atoms with Crippen molar-refractivity contribution in [3.05, 3.63) is 40.0 Å². The van der Waals surface area contributed by atoms with E-state index in [1.807, 2.05) is 13.0 Å². The minimum absolute atomic E-state index is 0.0559. The minimum Gasteiger partial charge on any atom is -0.494 e. The number of nitrogens with zero attached hydrogens (tertiary/aromatic N) is 1. The number of non-ortho nitro benzene ring substituents is 1. The van der Waals surface area contributed by atoms with Crippen LogP contribution in [-0.2, 0) is 0 Å². The van der Waals surface area contributed by atoms with E-state index in [4.69, 9.17) is 4.74 Å². The lowest BCUT2D eigenvalue weighted by Crippen LogP contribution is -2.05. The molecule has 1 aliphatic carbocycles. The van der Waals surface area contributed by atoms with Crippen LogP contribution in [0.2, 0.25) is 0 Å². The highest BCUT2D eigenvalue weighted by Gasteiger charge is 2.10. The maximum atomic E-state index is 10.9. The number of benzene rings is 1. The van der Waals surface area contributed by atoms with E-state index in [2.05, 4.69) is 11.4 Å². The highest BCUT2D eigenvalue weighted by atomic mass is 16.6. The van der Waals surface area contributed by atoms with E-state index in [1.165, 1.54) is 37.3 Å². The van der Waals surface area contributed by atoms with Crippen molar-refractivity contribution in [2.24, 2.45) is 0 Å². The van der Waals surface area contributed by atoms with Crippen LogP contribution < -0.4 is 10.1 Å². The number of rotatable bonds is 7. The summed E-state index contributed by atoms with van der Waals surface area (Å²) < 4.78 is 5.38. The molecule has 0 saturated heterocycles. The van der Waals surface area contributed by atoms with Gasteiger partial charge in [-0.2, -0.15) is 0 Å². The number of hydrogen-bond acceptors (Lipinski definition) is 4. The molecule has 0 aliphatic heterocycles. The van der Waals surface area contributed by atoms with Crippen LogP contribution in [0.3, 0.4) is 0 Å². The second kappa shape index (κ2) is 7.67. The number of ether oxygens (including phenoxy) is 1. The Morgan fingerprint density at radius 3 is 2.86 bits per heavy atom. The second-order valence-electron chi connectivity index (χ2n) is 5.19. The number of nitro benzene ring substituents is 1. The molecule has 2 rings (SSSR count). The standard InChI is InChI=1S/C16H22N2O3/c1-2-21-16-11-14(10-15(12-16)18(19)20)17-9-8-13-6-4-3-5-7-13/h6,10-12,17H,2-5,7-9H2,1H3. The minimum atomic E-state index is -0.392. The Morgan fingerprint density at radius 1 is 1.33 bits per heavy atom. The van der Waals surface area contributed by atoms with Crippen LogP contribution in [0, 0.1) is 10.1 Å². The fourth-order valence-corrected chi connectivity index (χ4v) is 2.54. The predicted octanol–water partition coefficient (Wildman–Crippen LogP) is 4.30. The molecule has 5 heteroatoms. The summed E-state index contributed by atoms with van der Waals surface area (Å²) in [7, 11) is 0. The quantitative estimate of drug-likeness (QED) is 0.462. The third-order valence-electron chi connectivity index (χ3n) is 3.57. The van der Waals surface area contributed by atoms with Crippen molar-refractivity contribution in [2.45, 2.75) is 39.0 Å². The normalized spacial score (nSPS) is 14.4. The lowest BCUT2D eigenvalue weighted by molar-refractivity contribution is -0.384. The van der Waals surface area contributed by atoms with E-state index in [1.54, 1.807) is 6.07 Å². The molecule has 5 nitrogen and oxygen atoms in total. The van der Waals surface area contributed by atoms with Crippen LogP contribution in [0.5, 0.6) is 5.75 Å². The summed E-state index contributed by atoms with van der Waals surface area (Å²) >= 11 is 0. The molecule has 114 valence electrons. The molecule has 1 N–H and O–H groups in total. The average molecular weight is 290 g/mol. The Hall–Kier alpha value is -2.04. The van der Waals surface area contributed by atoms with Gasteiger partial charge in [0.15, 0.2) is 0 Å². The van der Waals surface area contributed by atoms with E-state index >= 15 is 0 Å². The van der Waals surface area contributed by atoms with Crippen molar-refractivity contribution in [1.82, 2.24) is 0 Å². The molecule has 0 bridgehead atoms. The first kappa shape index (κ1) is 15.4. The summed E-state index contributed by atoms with van der Waals surface area (Å²) in [6, 6.07) is 4.82. The molecule has 0 saturated carbocycles. The molecule has 0 aromatic heterocycles. The Bertz CT molecular complexity index is 526. The number of nitrogens with one attached hydrogen (secondary N) is 1. The van der Waals surface area contributed by atoms with Crippen molar-refractivity contribution in [1.29, 1.82) is 0 Å². The zero-order chi connectivity index (χ0) is 15.1. The molecule has 21 heavy (non-hydrogen) atoms. The third kappa shape index (κ3) is 4.77. The van der Waals surface area contributed by atoms with Gasteiger partial charge in [0.05, 0.1) is 17.6 Å². The van der Waals surface area contributed by atoms with E-state index in [0.29, 0.717) is 12.4 Å². The summed E-state index contributed by atoms with van der Waals surface area (Å²) in [4.78, 5) is 10.6. The molecule has 0 atom stereocenters. The van der Waals surface area contributed by atoms with Crippen LogP contribution >= 0.6 is 0 Å². The largest absolute Gasteiger partial charge is 0.494 e. The van der Waals surface area contributed by atoms with Gasteiger partial charge < -0.3 is 10.1 Å². The first-order chi connectivity index (χ1) is 10.2. The third-order valence-corrected chi connectivity index (χ3v) is 3.57. The molecular formula is C16H22N2O3. The van der Waals surface area contributed by atoms with Crippen molar-refractivity contribution in [3.8, 4) is 5.75 Å². The van der Waals surface area contributed by atoms with Crippen molar-refractivity contribution >= 4 is 11.4 Å². The first-order valence-corrected chi connectivity index (χ1v) is 7.53. The molecule has 0 fully saturated rings. The Labute approximate surface area is 125 Å². The van der Waals surface area contributed by atoms with Gasteiger partial charge in [-0.25, -0.2) is 0 Å². The van der Waals surface area contributed by atoms with Gasteiger partial charge in [0.2, 0.25) is 0 Å². The van der Waals surface area contributed by atoms with Crippen LogP contribution in [0.25, 0.3) is 0 Å². The van der Waals surface area contributed by atoms with E-state index in [0.717, 1.165) is 18.7 Å². The number of nitro groups is 1. The van der Waals surface area contributed by atoms with Gasteiger partial charge >= 0.3 is 0 Å². The lowest BCUT2D eigenvalue weighted by Gasteiger charge is -2.14. The zero-order valence-electron chi connectivity index (χ0n) is 12.4.